The molecule has 1 unspecified atom stereocenters. The van der Waals surface area contributed by atoms with E-state index in [0.717, 1.165) is 0 Å². The van der Waals surface area contributed by atoms with Crippen LogP contribution in [0.2, 0.25) is 0 Å². The van der Waals surface area contributed by atoms with Gasteiger partial charge in [0.2, 0.25) is 0 Å². The molecule has 100 valence electrons. The fourth-order valence-electron chi connectivity index (χ4n) is 1.53. The summed E-state index contributed by atoms with van der Waals surface area (Å²) in [5.41, 5.74) is 0.831. The third-order valence-electron chi connectivity index (χ3n) is 2.34. The zero-order chi connectivity index (χ0) is 13.5. The van der Waals surface area contributed by atoms with Gasteiger partial charge in [0.05, 0.1) is 18.3 Å². The Hall–Kier alpha value is -1.66. The largest absolute Gasteiger partial charge is 0.478 e. The fraction of sp³-hybridized carbons (Fsp3) is 0.500. The van der Waals surface area contributed by atoms with Gasteiger partial charge in [-0.2, -0.15) is 0 Å². The average Bonchev–Trinajstić information content (AvgIpc) is 2.28. The van der Waals surface area contributed by atoms with Gasteiger partial charge >= 0.3 is 5.97 Å². The van der Waals surface area contributed by atoms with Crippen LogP contribution in [0, 0.1) is 6.92 Å². The summed E-state index contributed by atoms with van der Waals surface area (Å²) in [4.78, 5) is 15.0. The van der Waals surface area contributed by atoms with Gasteiger partial charge in [0.1, 0.15) is 5.82 Å². The van der Waals surface area contributed by atoms with E-state index >= 15 is 0 Å². The maximum atomic E-state index is 10.9. The molecule has 0 saturated carbocycles. The van der Waals surface area contributed by atoms with E-state index in [2.05, 4.69) is 10.3 Å². The molecule has 1 rings (SSSR count). The highest BCUT2D eigenvalue weighted by Gasteiger charge is 2.07. The summed E-state index contributed by atoms with van der Waals surface area (Å²) in [5.74, 6) is -0.486. The van der Waals surface area contributed by atoms with Gasteiger partial charge in [0.15, 0.2) is 0 Å². The van der Waals surface area contributed by atoms with E-state index in [1.165, 1.54) is 19.2 Å². The molecule has 0 radical (unpaired) electrons. The number of aliphatic hydroxyl groups excluding tert-OH is 1. The van der Waals surface area contributed by atoms with Crippen LogP contribution >= 0.6 is 0 Å². The van der Waals surface area contributed by atoms with Crippen LogP contribution in [0.3, 0.4) is 0 Å². The standard InChI is InChI=1S/C12H18N2O4/c1-8-5-9(12(16)17)6-11(14-8)13-4-3-10(15)7-18-2/h5-6,10,15H,3-4,7H2,1-2H3,(H,13,14)(H,16,17). The Morgan fingerprint density at radius 1 is 1.56 bits per heavy atom. The van der Waals surface area contributed by atoms with Crippen LogP contribution in [0.25, 0.3) is 0 Å². The minimum Gasteiger partial charge on any atom is -0.478 e. The zero-order valence-corrected chi connectivity index (χ0v) is 10.5. The lowest BCUT2D eigenvalue weighted by atomic mass is 10.2. The molecule has 3 N–H and O–H groups in total. The lowest BCUT2D eigenvalue weighted by Gasteiger charge is -2.11. The number of carboxylic acid groups (broad SMARTS) is 1. The Morgan fingerprint density at radius 3 is 2.89 bits per heavy atom. The van der Waals surface area contributed by atoms with Crippen LogP contribution < -0.4 is 5.32 Å². The van der Waals surface area contributed by atoms with Crippen molar-refractivity contribution in [1.29, 1.82) is 0 Å². The molecule has 6 nitrogen and oxygen atoms in total. The first kappa shape index (κ1) is 14.4. The Kier molecular flexibility index (Phi) is 5.54. The summed E-state index contributed by atoms with van der Waals surface area (Å²) in [6, 6.07) is 2.98. The highest BCUT2D eigenvalue weighted by molar-refractivity contribution is 5.88. The van der Waals surface area contributed by atoms with Crippen molar-refractivity contribution in [1.82, 2.24) is 4.98 Å². The number of nitrogens with zero attached hydrogens (tertiary/aromatic N) is 1. The predicted molar refractivity (Wildman–Crippen MR) is 66.9 cm³/mol. The van der Waals surface area contributed by atoms with Crippen LogP contribution in [0.4, 0.5) is 5.82 Å². The molecule has 0 fully saturated rings. The van der Waals surface area contributed by atoms with Crippen molar-refractivity contribution in [3.8, 4) is 0 Å². The number of rotatable bonds is 7. The van der Waals surface area contributed by atoms with Gasteiger partial charge in [-0.25, -0.2) is 9.78 Å². The van der Waals surface area contributed by atoms with Crippen molar-refractivity contribution in [2.24, 2.45) is 0 Å². The van der Waals surface area contributed by atoms with E-state index in [1.54, 1.807) is 6.92 Å². The van der Waals surface area contributed by atoms with Crippen molar-refractivity contribution < 1.29 is 19.7 Å². The molecule has 1 aromatic rings. The Morgan fingerprint density at radius 2 is 2.28 bits per heavy atom. The first-order chi connectivity index (χ1) is 8.52. The van der Waals surface area contributed by atoms with Crippen LogP contribution in [-0.2, 0) is 4.74 Å². The number of ether oxygens (including phenoxy) is 1. The minimum absolute atomic E-state index is 0.197. The maximum absolute atomic E-state index is 10.9. The second kappa shape index (κ2) is 6.93. The number of hydrogen-bond acceptors (Lipinski definition) is 5. The molecule has 0 aliphatic carbocycles. The second-order valence-electron chi connectivity index (χ2n) is 4.01. The molecule has 0 aromatic carbocycles. The number of hydrogen-bond donors (Lipinski definition) is 3. The molecule has 1 heterocycles. The normalized spacial score (nSPS) is 12.2. The molecular weight excluding hydrogens is 236 g/mol. The summed E-state index contributed by atoms with van der Waals surface area (Å²) in [5, 5.41) is 21.3. The van der Waals surface area contributed by atoms with Crippen molar-refractivity contribution in [2.75, 3.05) is 25.6 Å². The highest BCUT2D eigenvalue weighted by Crippen LogP contribution is 2.10. The number of carboxylic acids is 1. The number of carbonyl (C=O) groups is 1. The molecular formula is C12H18N2O4. The molecule has 0 spiro atoms. The third-order valence-corrected chi connectivity index (χ3v) is 2.34. The minimum atomic E-state index is -0.983. The number of aromatic carboxylic acids is 1. The molecule has 0 aliphatic heterocycles. The summed E-state index contributed by atoms with van der Waals surface area (Å²) >= 11 is 0. The molecule has 1 atom stereocenters. The van der Waals surface area contributed by atoms with Gasteiger partial charge in [-0.05, 0) is 25.5 Å². The SMILES string of the molecule is COCC(O)CCNc1cc(C(=O)O)cc(C)n1. The van der Waals surface area contributed by atoms with Gasteiger partial charge in [0, 0.05) is 19.3 Å². The van der Waals surface area contributed by atoms with Crippen molar-refractivity contribution in [3.05, 3.63) is 23.4 Å². The first-order valence-corrected chi connectivity index (χ1v) is 5.65. The first-order valence-electron chi connectivity index (χ1n) is 5.65. The number of anilines is 1. The number of nitrogens with one attached hydrogen (secondary N) is 1. The number of aliphatic hydroxyl groups is 1. The van der Waals surface area contributed by atoms with Crippen LogP contribution in [0.1, 0.15) is 22.5 Å². The summed E-state index contributed by atoms with van der Waals surface area (Å²) in [6.45, 7) is 2.51. The Balaban J connectivity index is 2.54. The van der Waals surface area contributed by atoms with E-state index < -0.39 is 12.1 Å². The quantitative estimate of drug-likeness (QED) is 0.669. The molecule has 0 bridgehead atoms. The van der Waals surface area contributed by atoms with E-state index in [4.69, 9.17) is 9.84 Å². The lowest BCUT2D eigenvalue weighted by molar-refractivity contribution is 0.0615. The lowest BCUT2D eigenvalue weighted by Crippen LogP contribution is -2.18. The number of aromatic nitrogens is 1. The van der Waals surface area contributed by atoms with E-state index in [1.807, 2.05) is 0 Å². The Bertz CT molecular complexity index is 409. The number of aryl methyl sites for hydroxylation is 1. The predicted octanol–water partition coefficient (Wildman–Crippen LogP) is 0.898. The van der Waals surface area contributed by atoms with E-state index in [0.29, 0.717) is 24.5 Å². The topological polar surface area (TPSA) is 91.7 Å². The van der Waals surface area contributed by atoms with Crippen molar-refractivity contribution in [3.63, 3.8) is 0 Å². The fourth-order valence-corrected chi connectivity index (χ4v) is 1.53. The molecule has 0 aliphatic rings. The highest BCUT2D eigenvalue weighted by atomic mass is 16.5. The molecule has 1 aromatic heterocycles. The van der Waals surface area contributed by atoms with Gasteiger partial charge < -0.3 is 20.3 Å². The van der Waals surface area contributed by atoms with Crippen molar-refractivity contribution in [2.45, 2.75) is 19.4 Å². The van der Waals surface area contributed by atoms with Gasteiger partial charge in [-0.15, -0.1) is 0 Å². The van der Waals surface area contributed by atoms with Gasteiger partial charge in [-0.1, -0.05) is 0 Å². The molecule has 6 heteroatoms. The van der Waals surface area contributed by atoms with Crippen LogP contribution in [-0.4, -0.2) is 47.5 Å². The average molecular weight is 254 g/mol. The molecule has 0 amide bonds. The summed E-state index contributed by atoms with van der Waals surface area (Å²) in [7, 11) is 1.53. The maximum Gasteiger partial charge on any atom is 0.335 e. The van der Waals surface area contributed by atoms with Crippen LogP contribution in [0.15, 0.2) is 12.1 Å². The third kappa shape index (κ3) is 4.68. The van der Waals surface area contributed by atoms with Crippen molar-refractivity contribution >= 4 is 11.8 Å². The smallest absolute Gasteiger partial charge is 0.335 e. The monoisotopic (exact) mass is 254 g/mol. The van der Waals surface area contributed by atoms with Crippen LogP contribution in [0.5, 0.6) is 0 Å². The summed E-state index contributed by atoms with van der Waals surface area (Å²) in [6.07, 6.45) is -0.0301. The number of pyridine rings is 1. The number of methoxy groups -OCH3 is 1. The Labute approximate surface area is 106 Å². The zero-order valence-electron chi connectivity index (χ0n) is 10.5. The second-order valence-corrected chi connectivity index (χ2v) is 4.01. The van der Waals surface area contributed by atoms with E-state index in [9.17, 15) is 9.90 Å². The molecule has 0 saturated heterocycles. The van der Waals surface area contributed by atoms with E-state index in [-0.39, 0.29) is 12.2 Å². The summed E-state index contributed by atoms with van der Waals surface area (Å²) < 4.78 is 4.80. The van der Waals surface area contributed by atoms with Gasteiger partial charge in [0.25, 0.3) is 0 Å². The van der Waals surface area contributed by atoms with Gasteiger partial charge in [-0.3, -0.25) is 0 Å². The molecule has 18 heavy (non-hydrogen) atoms.